The highest BCUT2D eigenvalue weighted by atomic mass is 35.5. The first kappa shape index (κ1) is 19.0. The van der Waals surface area contributed by atoms with Gasteiger partial charge in [0.2, 0.25) is 10.0 Å². The molecule has 1 aromatic carbocycles. The van der Waals surface area contributed by atoms with Crippen molar-refractivity contribution in [1.82, 2.24) is 14.5 Å². The largest absolute Gasteiger partial charge is 0.314 e. The summed E-state index contributed by atoms with van der Waals surface area (Å²) >= 11 is 5.98. The molecule has 5 nitrogen and oxygen atoms in total. The van der Waals surface area contributed by atoms with Crippen molar-refractivity contribution < 1.29 is 8.42 Å². The van der Waals surface area contributed by atoms with E-state index in [-0.39, 0.29) is 12.4 Å². The second-order valence-electron chi connectivity index (χ2n) is 6.00. The van der Waals surface area contributed by atoms with Gasteiger partial charge in [-0.25, -0.2) is 8.42 Å². The molecule has 2 heterocycles. The van der Waals surface area contributed by atoms with E-state index in [1.165, 1.54) is 0 Å². The first-order valence-corrected chi connectivity index (χ1v) is 9.51. The van der Waals surface area contributed by atoms with Gasteiger partial charge in [-0.15, -0.1) is 12.4 Å². The van der Waals surface area contributed by atoms with Gasteiger partial charge in [0.15, 0.2) is 0 Å². The molecule has 130 valence electrons. The van der Waals surface area contributed by atoms with Crippen LogP contribution < -0.4 is 5.32 Å². The Balaban J connectivity index is 0.00000192. The SMILES string of the molecule is Cc1ccc(Cl)cc1S(=O)(=O)N1CCC(N2CCNCC2)C1.Cl. The van der Waals surface area contributed by atoms with Crippen LogP contribution in [0.15, 0.2) is 23.1 Å². The maximum Gasteiger partial charge on any atom is 0.243 e. The lowest BCUT2D eigenvalue weighted by atomic mass is 10.2. The number of nitrogens with zero attached hydrogens (tertiary/aromatic N) is 2. The summed E-state index contributed by atoms with van der Waals surface area (Å²) in [6.45, 7) is 6.93. The number of hydrogen-bond donors (Lipinski definition) is 1. The fourth-order valence-electron chi connectivity index (χ4n) is 3.27. The molecule has 23 heavy (non-hydrogen) atoms. The van der Waals surface area contributed by atoms with Crippen molar-refractivity contribution in [2.75, 3.05) is 39.3 Å². The highest BCUT2D eigenvalue weighted by Gasteiger charge is 2.36. The summed E-state index contributed by atoms with van der Waals surface area (Å²) in [5, 5.41) is 3.79. The van der Waals surface area contributed by atoms with Gasteiger partial charge >= 0.3 is 0 Å². The molecule has 3 rings (SSSR count). The number of sulfonamides is 1. The molecule has 0 aliphatic carbocycles. The molecular formula is C15H23Cl2N3O2S. The summed E-state index contributed by atoms with van der Waals surface area (Å²) in [5.74, 6) is 0. The Morgan fingerprint density at radius 2 is 1.91 bits per heavy atom. The number of halogens is 2. The molecule has 0 radical (unpaired) electrons. The molecule has 0 aromatic heterocycles. The molecule has 0 saturated carbocycles. The zero-order chi connectivity index (χ0) is 15.7. The van der Waals surface area contributed by atoms with Crippen LogP contribution in [0.25, 0.3) is 0 Å². The van der Waals surface area contributed by atoms with Crippen molar-refractivity contribution >= 4 is 34.0 Å². The van der Waals surface area contributed by atoms with Crippen LogP contribution in [0.1, 0.15) is 12.0 Å². The molecule has 2 fully saturated rings. The third-order valence-corrected chi connectivity index (χ3v) is 6.80. The van der Waals surface area contributed by atoms with Crippen molar-refractivity contribution in [1.29, 1.82) is 0 Å². The van der Waals surface area contributed by atoms with Crippen LogP contribution in [0, 0.1) is 6.92 Å². The molecule has 0 amide bonds. The quantitative estimate of drug-likeness (QED) is 0.868. The van der Waals surface area contributed by atoms with E-state index in [9.17, 15) is 8.42 Å². The van der Waals surface area contributed by atoms with Gasteiger partial charge in [0.1, 0.15) is 0 Å². The molecule has 2 saturated heterocycles. The summed E-state index contributed by atoms with van der Waals surface area (Å²) in [4.78, 5) is 2.73. The third kappa shape index (κ3) is 4.00. The number of piperazine rings is 1. The summed E-state index contributed by atoms with van der Waals surface area (Å²) in [6, 6.07) is 5.38. The first-order valence-electron chi connectivity index (χ1n) is 7.69. The summed E-state index contributed by atoms with van der Waals surface area (Å²) in [6.07, 6.45) is 0.902. The summed E-state index contributed by atoms with van der Waals surface area (Å²) < 4.78 is 27.4. The fraction of sp³-hybridized carbons (Fsp3) is 0.600. The molecule has 1 atom stereocenters. The number of aryl methyl sites for hydroxylation is 1. The molecule has 1 aromatic rings. The van der Waals surface area contributed by atoms with Crippen LogP contribution in [0.2, 0.25) is 5.02 Å². The van der Waals surface area contributed by atoms with Crippen molar-refractivity contribution in [3.63, 3.8) is 0 Å². The van der Waals surface area contributed by atoms with Gasteiger partial charge in [0, 0.05) is 50.3 Å². The van der Waals surface area contributed by atoms with Crippen LogP contribution >= 0.6 is 24.0 Å². The van der Waals surface area contributed by atoms with E-state index < -0.39 is 10.0 Å². The van der Waals surface area contributed by atoms with Gasteiger partial charge in [-0.05, 0) is 31.0 Å². The number of benzene rings is 1. The zero-order valence-electron chi connectivity index (χ0n) is 13.2. The minimum absolute atomic E-state index is 0. The van der Waals surface area contributed by atoms with Crippen molar-refractivity contribution in [3.8, 4) is 0 Å². The number of rotatable bonds is 3. The van der Waals surface area contributed by atoms with E-state index in [4.69, 9.17) is 11.6 Å². The standard InChI is InChI=1S/C15H22ClN3O2S.ClH/c1-12-2-3-13(16)10-15(12)22(20,21)19-7-4-14(11-19)18-8-5-17-6-9-18;/h2-3,10,14,17H,4-9,11H2,1H3;1H. The molecule has 1 N–H and O–H groups in total. The predicted octanol–water partition coefficient (Wildman–Crippen LogP) is 1.74. The van der Waals surface area contributed by atoms with Crippen LogP contribution in [0.3, 0.4) is 0 Å². The van der Waals surface area contributed by atoms with Crippen molar-refractivity contribution in [3.05, 3.63) is 28.8 Å². The molecule has 2 aliphatic heterocycles. The second-order valence-corrected chi connectivity index (χ2v) is 8.34. The highest BCUT2D eigenvalue weighted by molar-refractivity contribution is 7.89. The van der Waals surface area contributed by atoms with E-state index in [0.717, 1.165) is 38.2 Å². The monoisotopic (exact) mass is 379 g/mol. The van der Waals surface area contributed by atoms with E-state index >= 15 is 0 Å². The Morgan fingerprint density at radius 3 is 2.61 bits per heavy atom. The van der Waals surface area contributed by atoms with E-state index in [1.807, 2.05) is 6.92 Å². The van der Waals surface area contributed by atoms with Crippen LogP contribution in [-0.2, 0) is 10.0 Å². The Hall–Kier alpha value is -0.370. The van der Waals surface area contributed by atoms with Gasteiger partial charge in [-0.3, -0.25) is 4.90 Å². The lowest BCUT2D eigenvalue weighted by Gasteiger charge is -2.32. The van der Waals surface area contributed by atoms with Gasteiger partial charge in [0.05, 0.1) is 4.90 Å². The Morgan fingerprint density at radius 1 is 1.22 bits per heavy atom. The smallest absolute Gasteiger partial charge is 0.243 e. The van der Waals surface area contributed by atoms with Gasteiger partial charge in [-0.2, -0.15) is 4.31 Å². The molecule has 8 heteroatoms. The Kier molecular flexibility index (Phi) is 6.33. The predicted molar refractivity (Wildman–Crippen MR) is 95.0 cm³/mol. The zero-order valence-corrected chi connectivity index (χ0v) is 15.6. The minimum atomic E-state index is -3.46. The highest BCUT2D eigenvalue weighted by Crippen LogP contribution is 2.27. The normalized spacial score (nSPS) is 23.7. The maximum atomic E-state index is 12.9. The molecular weight excluding hydrogens is 357 g/mol. The van der Waals surface area contributed by atoms with E-state index in [0.29, 0.717) is 29.0 Å². The second kappa shape index (κ2) is 7.68. The Bertz CT molecular complexity index is 648. The van der Waals surface area contributed by atoms with Crippen molar-refractivity contribution in [2.45, 2.75) is 24.3 Å². The Labute approximate surface area is 149 Å². The molecule has 0 spiro atoms. The number of nitrogens with one attached hydrogen (secondary N) is 1. The third-order valence-electron chi connectivity index (χ3n) is 4.56. The molecule has 2 aliphatic rings. The van der Waals surface area contributed by atoms with E-state index in [1.54, 1.807) is 22.5 Å². The summed E-state index contributed by atoms with van der Waals surface area (Å²) in [7, 11) is -3.46. The van der Waals surface area contributed by atoms with Crippen molar-refractivity contribution in [2.24, 2.45) is 0 Å². The number of hydrogen-bond acceptors (Lipinski definition) is 4. The lowest BCUT2D eigenvalue weighted by Crippen LogP contribution is -2.49. The topological polar surface area (TPSA) is 52.7 Å². The van der Waals surface area contributed by atoms with Crippen LogP contribution in [-0.4, -0.2) is 62.9 Å². The first-order chi connectivity index (χ1) is 10.5. The lowest BCUT2D eigenvalue weighted by molar-refractivity contribution is 0.179. The van der Waals surface area contributed by atoms with Gasteiger partial charge < -0.3 is 5.32 Å². The van der Waals surface area contributed by atoms with Gasteiger partial charge in [-0.1, -0.05) is 17.7 Å². The molecule has 1 unspecified atom stereocenters. The average Bonchev–Trinajstić information content (AvgIpc) is 3.01. The minimum Gasteiger partial charge on any atom is -0.314 e. The summed E-state index contributed by atoms with van der Waals surface area (Å²) in [5.41, 5.74) is 0.745. The maximum absolute atomic E-state index is 12.9. The average molecular weight is 380 g/mol. The van der Waals surface area contributed by atoms with Crippen LogP contribution in [0.5, 0.6) is 0 Å². The van der Waals surface area contributed by atoms with Crippen LogP contribution in [0.4, 0.5) is 0 Å². The molecule has 0 bridgehead atoms. The fourth-order valence-corrected chi connectivity index (χ4v) is 5.25. The van der Waals surface area contributed by atoms with Gasteiger partial charge in [0.25, 0.3) is 0 Å². The van der Waals surface area contributed by atoms with E-state index in [2.05, 4.69) is 10.2 Å².